The summed E-state index contributed by atoms with van der Waals surface area (Å²) in [6.45, 7) is 7.24. The van der Waals surface area contributed by atoms with E-state index in [-0.39, 0.29) is 17.7 Å². The van der Waals surface area contributed by atoms with E-state index in [0.717, 1.165) is 18.1 Å². The predicted molar refractivity (Wildman–Crippen MR) is 68.2 cm³/mol. The van der Waals surface area contributed by atoms with E-state index in [0.29, 0.717) is 6.61 Å². The van der Waals surface area contributed by atoms with Gasteiger partial charge in [-0.05, 0) is 32.9 Å². The molecule has 1 fully saturated rings. The topological polar surface area (TPSA) is 62.7 Å². The van der Waals surface area contributed by atoms with Gasteiger partial charge >= 0.3 is 5.97 Å². The summed E-state index contributed by atoms with van der Waals surface area (Å²) >= 11 is 0. The number of rotatable bonds is 2. The summed E-state index contributed by atoms with van der Waals surface area (Å²) in [7, 11) is 0. The first-order chi connectivity index (χ1) is 8.47. The maximum Gasteiger partial charge on any atom is 0.335 e. The summed E-state index contributed by atoms with van der Waals surface area (Å²) < 4.78 is 5.56. The second kappa shape index (κ2) is 4.94. The molecule has 0 bridgehead atoms. The van der Waals surface area contributed by atoms with E-state index in [1.54, 1.807) is 12.1 Å². The number of anilines is 1. The number of hydrogen-bond acceptors (Lipinski definition) is 4. The fourth-order valence-electron chi connectivity index (χ4n) is 2.14. The molecule has 0 spiro atoms. The van der Waals surface area contributed by atoms with Crippen LogP contribution in [0.2, 0.25) is 0 Å². The molecule has 5 heteroatoms. The average Bonchev–Trinajstić information content (AvgIpc) is 2.31. The molecule has 0 saturated carbocycles. The Bertz CT molecular complexity index is 462. The number of ether oxygens (including phenoxy) is 1. The third-order valence-corrected chi connectivity index (χ3v) is 3.09. The smallest absolute Gasteiger partial charge is 0.335 e. The Labute approximate surface area is 106 Å². The molecule has 1 saturated heterocycles. The number of morpholine rings is 1. The van der Waals surface area contributed by atoms with Gasteiger partial charge in [-0.15, -0.1) is 0 Å². The van der Waals surface area contributed by atoms with Crippen molar-refractivity contribution in [2.24, 2.45) is 0 Å². The molecule has 1 aromatic heterocycles. The summed E-state index contributed by atoms with van der Waals surface area (Å²) in [5, 5.41) is 9.08. The number of aryl methyl sites for hydroxylation is 1. The van der Waals surface area contributed by atoms with Crippen LogP contribution in [0.3, 0.4) is 0 Å². The van der Waals surface area contributed by atoms with Gasteiger partial charge in [0.05, 0.1) is 24.3 Å². The minimum atomic E-state index is -0.921. The van der Waals surface area contributed by atoms with Crippen LogP contribution in [0.4, 0.5) is 5.82 Å². The second-order valence-corrected chi connectivity index (χ2v) is 4.81. The third-order valence-electron chi connectivity index (χ3n) is 3.09. The summed E-state index contributed by atoms with van der Waals surface area (Å²) in [5.74, 6) is -0.203. The SMILES string of the molecule is Cc1cc(C(=O)O)cc(N2CC(C)OCC2C)n1. The van der Waals surface area contributed by atoms with Crippen molar-refractivity contribution < 1.29 is 14.6 Å². The van der Waals surface area contributed by atoms with Gasteiger partial charge in [0.25, 0.3) is 0 Å². The lowest BCUT2D eigenvalue weighted by molar-refractivity contribution is 0.0340. The molecular weight excluding hydrogens is 232 g/mol. The number of carbonyl (C=O) groups is 1. The van der Waals surface area contributed by atoms with Crippen LogP contribution in [0, 0.1) is 6.92 Å². The molecule has 0 amide bonds. The Balaban J connectivity index is 2.34. The summed E-state index contributed by atoms with van der Waals surface area (Å²) in [6.07, 6.45) is 0.136. The lowest BCUT2D eigenvalue weighted by Crippen LogP contribution is -2.47. The Morgan fingerprint density at radius 3 is 2.89 bits per heavy atom. The molecule has 2 unspecified atom stereocenters. The third kappa shape index (κ3) is 2.61. The van der Waals surface area contributed by atoms with Crippen molar-refractivity contribution >= 4 is 11.8 Å². The van der Waals surface area contributed by atoms with Crippen molar-refractivity contribution in [1.82, 2.24) is 4.98 Å². The number of nitrogens with zero attached hydrogens (tertiary/aromatic N) is 2. The highest BCUT2D eigenvalue weighted by Gasteiger charge is 2.25. The zero-order chi connectivity index (χ0) is 13.3. The molecule has 0 aromatic carbocycles. The zero-order valence-corrected chi connectivity index (χ0v) is 10.9. The fraction of sp³-hybridized carbons (Fsp3) is 0.538. The molecule has 0 radical (unpaired) electrons. The molecule has 2 rings (SSSR count). The Hall–Kier alpha value is -1.62. The molecule has 5 nitrogen and oxygen atoms in total. The van der Waals surface area contributed by atoms with Crippen LogP contribution < -0.4 is 4.90 Å². The number of carboxylic acids is 1. The van der Waals surface area contributed by atoms with Crippen molar-refractivity contribution in [3.05, 3.63) is 23.4 Å². The molecule has 98 valence electrons. The van der Waals surface area contributed by atoms with E-state index >= 15 is 0 Å². The fourth-order valence-corrected chi connectivity index (χ4v) is 2.14. The molecule has 2 heterocycles. The van der Waals surface area contributed by atoms with Gasteiger partial charge in [0.1, 0.15) is 5.82 Å². The lowest BCUT2D eigenvalue weighted by Gasteiger charge is -2.37. The summed E-state index contributed by atoms with van der Waals surface area (Å²) in [4.78, 5) is 17.6. The molecule has 1 N–H and O–H groups in total. The molecule has 1 aliphatic rings. The number of hydrogen-bond donors (Lipinski definition) is 1. The van der Waals surface area contributed by atoms with Crippen LogP contribution in [-0.2, 0) is 4.74 Å². The predicted octanol–water partition coefficient (Wildman–Crippen LogP) is 1.70. The monoisotopic (exact) mass is 250 g/mol. The highest BCUT2D eigenvalue weighted by molar-refractivity contribution is 5.88. The first kappa shape index (κ1) is 12.8. The number of aromatic carboxylic acids is 1. The average molecular weight is 250 g/mol. The van der Waals surface area contributed by atoms with Crippen molar-refractivity contribution in [2.45, 2.75) is 32.9 Å². The maximum atomic E-state index is 11.1. The molecule has 1 aromatic rings. The minimum absolute atomic E-state index is 0.136. The summed E-state index contributed by atoms with van der Waals surface area (Å²) in [5.41, 5.74) is 1.00. The van der Waals surface area contributed by atoms with Gasteiger partial charge in [-0.2, -0.15) is 0 Å². The number of aromatic nitrogens is 1. The second-order valence-electron chi connectivity index (χ2n) is 4.81. The first-order valence-electron chi connectivity index (χ1n) is 6.07. The van der Waals surface area contributed by atoms with Crippen LogP contribution in [0.1, 0.15) is 29.9 Å². The highest BCUT2D eigenvalue weighted by Crippen LogP contribution is 2.21. The number of pyridine rings is 1. The normalized spacial score (nSPS) is 24.1. The summed E-state index contributed by atoms with van der Waals surface area (Å²) in [6, 6.07) is 3.42. The molecule has 1 aliphatic heterocycles. The van der Waals surface area contributed by atoms with Crippen molar-refractivity contribution in [1.29, 1.82) is 0 Å². The highest BCUT2D eigenvalue weighted by atomic mass is 16.5. The van der Waals surface area contributed by atoms with E-state index < -0.39 is 5.97 Å². The lowest BCUT2D eigenvalue weighted by atomic mass is 10.1. The molecule has 0 aliphatic carbocycles. The van der Waals surface area contributed by atoms with Gasteiger partial charge in [0, 0.05) is 12.2 Å². The Morgan fingerprint density at radius 1 is 1.50 bits per heavy atom. The van der Waals surface area contributed by atoms with Crippen LogP contribution in [0.25, 0.3) is 0 Å². The Morgan fingerprint density at radius 2 is 2.22 bits per heavy atom. The zero-order valence-electron chi connectivity index (χ0n) is 10.9. The maximum absolute atomic E-state index is 11.1. The van der Waals surface area contributed by atoms with Crippen molar-refractivity contribution in [2.75, 3.05) is 18.1 Å². The first-order valence-corrected chi connectivity index (χ1v) is 6.07. The van der Waals surface area contributed by atoms with E-state index in [9.17, 15) is 4.79 Å². The van der Waals surface area contributed by atoms with E-state index in [4.69, 9.17) is 9.84 Å². The van der Waals surface area contributed by atoms with Gasteiger partial charge in [-0.25, -0.2) is 9.78 Å². The quantitative estimate of drug-likeness (QED) is 0.865. The van der Waals surface area contributed by atoms with Crippen LogP contribution >= 0.6 is 0 Å². The van der Waals surface area contributed by atoms with Gasteiger partial charge < -0.3 is 14.7 Å². The van der Waals surface area contributed by atoms with Crippen LogP contribution in [0.5, 0.6) is 0 Å². The minimum Gasteiger partial charge on any atom is -0.478 e. The van der Waals surface area contributed by atoms with Crippen LogP contribution in [0.15, 0.2) is 12.1 Å². The van der Waals surface area contributed by atoms with Crippen molar-refractivity contribution in [3.8, 4) is 0 Å². The Kier molecular flexibility index (Phi) is 3.52. The van der Waals surface area contributed by atoms with Gasteiger partial charge in [0.15, 0.2) is 0 Å². The standard InChI is InChI=1S/C13H18N2O3/c1-8-4-11(13(16)17)5-12(14-8)15-6-10(3)18-7-9(15)2/h4-5,9-10H,6-7H2,1-3H3,(H,16,17). The number of carboxylic acid groups (broad SMARTS) is 1. The molecule has 18 heavy (non-hydrogen) atoms. The van der Waals surface area contributed by atoms with Gasteiger partial charge in [-0.1, -0.05) is 0 Å². The molecule has 2 atom stereocenters. The van der Waals surface area contributed by atoms with Gasteiger partial charge in [-0.3, -0.25) is 0 Å². The largest absolute Gasteiger partial charge is 0.478 e. The van der Waals surface area contributed by atoms with Gasteiger partial charge in [0.2, 0.25) is 0 Å². The van der Waals surface area contributed by atoms with Crippen molar-refractivity contribution in [3.63, 3.8) is 0 Å². The van der Waals surface area contributed by atoms with Crippen LogP contribution in [-0.4, -0.2) is 41.4 Å². The van der Waals surface area contributed by atoms with E-state index in [2.05, 4.69) is 16.8 Å². The van der Waals surface area contributed by atoms with E-state index in [1.807, 2.05) is 13.8 Å². The van der Waals surface area contributed by atoms with E-state index in [1.165, 1.54) is 0 Å². The molecular formula is C13H18N2O3.